The third kappa shape index (κ3) is 1.95. The second-order valence-electron chi connectivity index (χ2n) is 1.35. The summed E-state index contributed by atoms with van der Waals surface area (Å²) in [6, 6.07) is 0. The van der Waals surface area contributed by atoms with Crippen LogP contribution in [0.1, 0.15) is 0 Å². The van der Waals surface area contributed by atoms with Crippen molar-refractivity contribution in [3.05, 3.63) is 36.8 Å². The molecule has 0 atom stereocenters. The molecule has 0 saturated heterocycles. The Morgan fingerprint density at radius 2 is 1.78 bits per heavy atom. The highest BCUT2D eigenvalue weighted by atomic mass is 16.3. The van der Waals surface area contributed by atoms with Gasteiger partial charge in [-0.05, 0) is 6.72 Å². The lowest BCUT2D eigenvalue weighted by atomic mass is 10.3. The maximum absolute atomic E-state index is 8.83. The molecule has 0 heterocycles. The summed E-state index contributed by atoms with van der Waals surface area (Å²) in [5.41, 5.74) is 0.491. The Hall–Kier alpha value is -1.31. The van der Waals surface area contributed by atoms with E-state index in [0.29, 0.717) is 5.57 Å². The van der Waals surface area contributed by atoms with Gasteiger partial charge in [-0.2, -0.15) is 0 Å². The second-order valence-corrected chi connectivity index (χ2v) is 1.35. The Bertz CT molecular complexity index is 158. The van der Waals surface area contributed by atoms with Crippen LogP contribution in [0, 0.1) is 0 Å². The van der Waals surface area contributed by atoms with Crippen LogP contribution in [0.25, 0.3) is 0 Å². The summed E-state index contributed by atoms with van der Waals surface area (Å²) in [5.74, 6) is -0.139. The third-order valence-electron chi connectivity index (χ3n) is 0.848. The van der Waals surface area contributed by atoms with Crippen molar-refractivity contribution in [2.24, 2.45) is 4.99 Å². The predicted molar refractivity (Wildman–Crippen MR) is 39.6 cm³/mol. The SMILES string of the molecule is C=CC(C=C)=C(O)N=C. The molecule has 0 unspecified atom stereocenters. The summed E-state index contributed by atoms with van der Waals surface area (Å²) < 4.78 is 0. The number of aliphatic hydroxyl groups is 1. The van der Waals surface area contributed by atoms with E-state index in [4.69, 9.17) is 5.11 Å². The van der Waals surface area contributed by atoms with E-state index < -0.39 is 0 Å². The van der Waals surface area contributed by atoms with Crippen LogP contribution in [0.2, 0.25) is 0 Å². The summed E-state index contributed by atoms with van der Waals surface area (Å²) in [6.45, 7) is 9.97. The minimum Gasteiger partial charge on any atom is -0.493 e. The van der Waals surface area contributed by atoms with Crippen LogP contribution in [0.5, 0.6) is 0 Å². The van der Waals surface area contributed by atoms with Crippen LogP contribution in [-0.2, 0) is 0 Å². The predicted octanol–water partition coefficient (Wildman–Crippen LogP) is 1.83. The Kier molecular flexibility index (Phi) is 3.13. The zero-order valence-corrected chi connectivity index (χ0v) is 5.17. The van der Waals surface area contributed by atoms with E-state index in [1.807, 2.05) is 0 Å². The van der Waals surface area contributed by atoms with Gasteiger partial charge in [-0.1, -0.05) is 25.3 Å². The first-order valence-corrected chi connectivity index (χ1v) is 2.41. The minimum absolute atomic E-state index is 0.139. The average molecular weight is 123 g/mol. The molecule has 0 saturated carbocycles. The Morgan fingerprint density at radius 1 is 1.33 bits per heavy atom. The van der Waals surface area contributed by atoms with Crippen molar-refractivity contribution >= 4 is 6.72 Å². The van der Waals surface area contributed by atoms with Crippen molar-refractivity contribution < 1.29 is 5.11 Å². The molecule has 0 aromatic rings. The van der Waals surface area contributed by atoms with Gasteiger partial charge in [0.25, 0.3) is 0 Å². The van der Waals surface area contributed by atoms with Crippen molar-refractivity contribution in [3.8, 4) is 0 Å². The van der Waals surface area contributed by atoms with E-state index in [9.17, 15) is 0 Å². The quantitative estimate of drug-likeness (QED) is 0.346. The van der Waals surface area contributed by atoms with E-state index >= 15 is 0 Å². The minimum atomic E-state index is -0.139. The standard InChI is InChI=1S/C7H9NO/c1-4-6(5-2)7(9)8-3/h4-5,9H,1-3H2. The van der Waals surface area contributed by atoms with Gasteiger partial charge < -0.3 is 5.11 Å². The molecule has 0 bridgehead atoms. The topological polar surface area (TPSA) is 32.6 Å². The molecule has 0 amide bonds. The van der Waals surface area contributed by atoms with Crippen molar-refractivity contribution in [1.82, 2.24) is 0 Å². The van der Waals surface area contributed by atoms with Gasteiger partial charge in [0, 0.05) is 5.57 Å². The molecule has 48 valence electrons. The van der Waals surface area contributed by atoms with Gasteiger partial charge >= 0.3 is 0 Å². The van der Waals surface area contributed by atoms with E-state index in [0.717, 1.165) is 0 Å². The van der Waals surface area contributed by atoms with Gasteiger partial charge in [0.15, 0.2) is 0 Å². The Labute approximate surface area is 54.5 Å². The largest absolute Gasteiger partial charge is 0.493 e. The van der Waals surface area contributed by atoms with Crippen molar-refractivity contribution in [2.75, 3.05) is 0 Å². The molecule has 2 nitrogen and oxygen atoms in total. The number of hydrogen-bond donors (Lipinski definition) is 1. The molecule has 0 aromatic carbocycles. The van der Waals surface area contributed by atoms with Crippen molar-refractivity contribution in [3.63, 3.8) is 0 Å². The maximum Gasteiger partial charge on any atom is 0.217 e. The van der Waals surface area contributed by atoms with E-state index in [1.165, 1.54) is 12.2 Å². The zero-order chi connectivity index (χ0) is 7.28. The Morgan fingerprint density at radius 3 is 1.89 bits per heavy atom. The molecule has 0 aliphatic heterocycles. The molecule has 0 radical (unpaired) electrons. The fraction of sp³-hybridized carbons (Fsp3) is 0. The van der Waals surface area contributed by atoms with Crippen LogP contribution >= 0.6 is 0 Å². The first-order chi connectivity index (χ1) is 4.26. The van der Waals surface area contributed by atoms with E-state index in [-0.39, 0.29) is 5.88 Å². The van der Waals surface area contributed by atoms with Gasteiger partial charge in [-0.15, -0.1) is 0 Å². The molecule has 0 aromatic heterocycles. The van der Waals surface area contributed by atoms with Gasteiger partial charge in [-0.25, -0.2) is 4.99 Å². The van der Waals surface area contributed by atoms with Crippen LogP contribution in [0.4, 0.5) is 0 Å². The van der Waals surface area contributed by atoms with Crippen LogP contribution < -0.4 is 0 Å². The van der Waals surface area contributed by atoms with E-state index in [2.05, 4.69) is 24.9 Å². The molecule has 0 aliphatic carbocycles. The van der Waals surface area contributed by atoms with E-state index in [1.54, 1.807) is 0 Å². The smallest absolute Gasteiger partial charge is 0.217 e. The second kappa shape index (κ2) is 3.66. The highest BCUT2D eigenvalue weighted by molar-refractivity contribution is 5.35. The highest BCUT2D eigenvalue weighted by Crippen LogP contribution is 2.02. The van der Waals surface area contributed by atoms with Crippen LogP contribution in [0.3, 0.4) is 0 Å². The number of aliphatic imine (C=N–C) groups is 1. The summed E-state index contributed by atoms with van der Waals surface area (Å²) in [5, 5.41) is 8.83. The maximum atomic E-state index is 8.83. The van der Waals surface area contributed by atoms with Gasteiger partial charge in [0.1, 0.15) is 0 Å². The summed E-state index contributed by atoms with van der Waals surface area (Å²) in [6.07, 6.45) is 2.91. The molecule has 0 aliphatic rings. The van der Waals surface area contributed by atoms with Crippen molar-refractivity contribution in [1.29, 1.82) is 0 Å². The van der Waals surface area contributed by atoms with Crippen molar-refractivity contribution in [2.45, 2.75) is 0 Å². The fourth-order valence-electron chi connectivity index (χ4n) is 0.357. The molecular weight excluding hydrogens is 114 g/mol. The lowest BCUT2D eigenvalue weighted by Gasteiger charge is -1.91. The zero-order valence-electron chi connectivity index (χ0n) is 5.17. The van der Waals surface area contributed by atoms with Gasteiger partial charge in [0.2, 0.25) is 5.88 Å². The average Bonchev–Trinajstić information content (AvgIpc) is 1.90. The molecule has 9 heavy (non-hydrogen) atoms. The lowest BCUT2D eigenvalue weighted by molar-refractivity contribution is 0.404. The Balaban J connectivity index is 4.56. The first-order valence-electron chi connectivity index (χ1n) is 2.41. The number of aliphatic hydroxyl groups excluding tert-OH is 1. The molecule has 0 spiro atoms. The number of nitrogens with zero attached hydrogens (tertiary/aromatic N) is 1. The number of allylic oxidation sites excluding steroid dienone is 3. The monoisotopic (exact) mass is 123 g/mol. The molecule has 0 rings (SSSR count). The molecule has 1 N–H and O–H groups in total. The molecule has 0 fully saturated rings. The third-order valence-corrected chi connectivity index (χ3v) is 0.848. The summed E-state index contributed by atoms with van der Waals surface area (Å²) >= 11 is 0. The number of hydrogen-bond acceptors (Lipinski definition) is 2. The molecule has 2 heteroatoms. The van der Waals surface area contributed by atoms with Gasteiger partial charge in [-0.3, -0.25) is 0 Å². The first kappa shape index (κ1) is 7.69. The normalized spacial score (nSPS) is 7.56. The van der Waals surface area contributed by atoms with Crippen LogP contribution in [0.15, 0.2) is 41.8 Å². The highest BCUT2D eigenvalue weighted by Gasteiger charge is 1.90. The summed E-state index contributed by atoms with van der Waals surface area (Å²) in [7, 11) is 0. The number of rotatable bonds is 3. The molecular formula is C7H9NO. The van der Waals surface area contributed by atoms with Crippen LogP contribution in [-0.4, -0.2) is 11.8 Å². The summed E-state index contributed by atoms with van der Waals surface area (Å²) in [4.78, 5) is 3.27. The lowest BCUT2D eigenvalue weighted by Crippen LogP contribution is -1.79. The van der Waals surface area contributed by atoms with Gasteiger partial charge in [0.05, 0.1) is 0 Å². The fourth-order valence-corrected chi connectivity index (χ4v) is 0.357.